The van der Waals surface area contributed by atoms with E-state index in [0.717, 1.165) is 44.2 Å². The molecule has 0 amide bonds. The van der Waals surface area contributed by atoms with E-state index in [9.17, 15) is 0 Å². The van der Waals surface area contributed by atoms with Gasteiger partial charge in [-0.25, -0.2) is 0 Å². The second-order valence-corrected chi connectivity index (χ2v) is 3.87. The van der Waals surface area contributed by atoms with Crippen molar-refractivity contribution in [2.45, 2.75) is 12.3 Å². The van der Waals surface area contributed by atoms with Crippen LogP contribution in [0.15, 0.2) is 16.5 Å². The number of hydrogen-bond donors (Lipinski definition) is 2. The lowest BCUT2D eigenvalue weighted by atomic mass is 10.3. The summed E-state index contributed by atoms with van der Waals surface area (Å²) in [7, 11) is 0. The Kier molecular flexibility index (Phi) is 3.50. The van der Waals surface area contributed by atoms with E-state index in [2.05, 4.69) is 22.8 Å². The summed E-state index contributed by atoms with van der Waals surface area (Å²) in [6.45, 7) is 5.31. The lowest BCUT2D eigenvalue weighted by molar-refractivity contribution is 0.215. The molecule has 1 aliphatic heterocycles. The van der Waals surface area contributed by atoms with Crippen LogP contribution in [0.3, 0.4) is 0 Å². The highest BCUT2D eigenvalue weighted by atomic mass is 32.1. The van der Waals surface area contributed by atoms with Crippen LogP contribution in [0.2, 0.25) is 0 Å². The van der Waals surface area contributed by atoms with Gasteiger partial charge in [0.25, 0.3) is 0 Å². The number of piperazine rings is 1. The zero-order valence-electron chi connectivity index (χ0n) is 8.20. The Hall–Kier alpha value is -0.450. The minimum Gasteiger partial charge on any atom is -0.464 e. The molecular weight excluding hydrogens is 196 g/mol. The quantitative estimate of drug-likeness (QED) is 0.735. The third-order valence-electron chi connectivity index (χ3n) is 2.46. The lowest BCUT2D eigenvalue weighted by Crippen LogP contribution is -2.42. The summed E-state index contributed by atoms with van der Waals surface area (Å²) in [5, 5.41) is 3.33. The monoisotopic (exact) mass is 212 g/mol. The molecule has 78 valence electrons. The minimum atomic E-state index is 0.682. The molecule has 3 nitrogen and oxygen atoms in total. The van der Waals surface area contributed by atoms with Crippen LogP contribution in [-0.4, -0.2) is 31.1 Å². The van der Waals surface area contributed by atoms with Gasteiger partial charge in [0.05, 0.1) is 6.54 Å². The fourth-order valence-corrected chi connectivity index (χ4v) is 1.85. The molecule has 0 unspecified atom stereocenters. The van der Waals surface area contributed by atoms with E-state index in [0.29, 0.717) is 5.75 Å². The highest BCUT2D eigenvalue weighted by molar-refractivity contribution is 7.79. The van der Waals surface area contributed by atoms with E-state index in [-0.39, 0.29) is 0 Å². The SMILES string of the molecule is SCc1ccc(CN2CCNCC2)o1. The molecule has 14 heavy (non-hydrogen) atoms. The van der Waals surface area contributed by atoms with Crippen molar-refractivity contribution < 1.29 is 4.42 Å². The third kappa shape index (κ3) is 2.53. The molecule has 1 aromatic heterocycles. The summed E-state index contributed by atoms with van der Waals surface area (Å²) in [5.74, 6) is 2.69. The molecule has 1 aliphatic rings. The number of furan rings is 1. The van der Waals surface area contributed by atoms with Gasteiger partial charge >= 0.3 is 0 Å². The van der Waals surface area contributed by atoms with Crippen LogP contribution in [-0.2, 0) is 12.3 Å². The molecule has 0 aliphatic carbocycles. The van der Waals surface area contributed by atoms with Gasteiger partial charge in [-0.2, -0.15) is 12.6 Å². The van der Waals surface area contributed by atoms with Gasteiger partial charge in [-0.3, -0.25) is 4.90 Å². The Labute approximate surface area is 89.9 Å². The van der Waals surface area contributed by atoms with Crippen molar-refractivity contribution in [1.29, 1.82) is 0 Å². The molecule has 0 saturated carbocycles. The van der Waals surface area contributed by atoms with Gasteiger partial charge in [0.15, 0.2) is 0 Å². The van der Waals surface area contributed by atoms with Crippen LogP contribution in [0.25, 0.3) is 0 Å². The predicted octanol–water partition coefficient (Wildman–Crippen LogP) is 1.11. The Bertz CT molecular complexity index is 281. The summed E-state index contributed by atoms with van der Waals surface area (Å²) in [6.07, 6.45) is 0. The van der Waals surface area contributed by atoms with Crippen molar-refractivity contribution in [2.75, 3.05) is 26.2 Å². The molecule has 1 fully saturated rings. The highest BCUT2D eigenvalue weighted by Crippen LogP contribution is 2.12. The minimum absolute atomic E-state index is 0.682. The largest absolute Gasteiger partial charge is 0.464 e. The van der Waals surface area contributed by atoms with Gasteiger partial charge in [0.1, 0.15) is 11.5 Å². The van der Waals surface area contributed by atoms with Crippen LogP contribution >= 0.6 is 12.6 Å². The Morgan fingerprint density at radius 2 is 2.00 bits per heavy atom. The first kappa shape index (κ1) is 10.1. The van der Waals surface area contributed by atoms with E-state index in [1.807, 2.05) is 12.1 Å². The first-order valence-electron chi connectivity index (χ1n) is 5.00. The highest BCUT2D eigenvalue weighted by Gasteiger charge is 2.11. The van der Waals surface area contributed by atoms with Crippen LogP contribution in [0.4, 0.5) is 0 Å². The van der Waals surface area contributed by atoms with Crippen LogP contribution < -0.4 is 5.32 Å². The van der Waals surface area contributed by atoms with Crippen molar-refractivity contribution in [3.63, 3.8) is 0 Å². The van der Waals surface area contributed by atoms with Gasteiger partial charge in [0, 0.05) is 31.9 Å². The molecular formula is C10H16N2OS. The summed E-state index contributed by atoms with van der Waals surface area (Å²) < 4.78 is 5.60. The summed E-state index contributed by atoms with van der Waals surface area (Å²) in [5.41, 5.74) is 0. The van der Waals surface area contributed by atoms with Crippen molar-refractivity contribution >= 4 is 12.6 Å². The van der Waals surface area contributed by atoms with Crippen molar-refractivity contribution in [2.24, 2.45) is 0 Å². The van der Waals surface area contributed by atoms with E-state index < -0.39 is 0 Å². The molecule has 0 bridgehead atoms. The van der Waals surface area contributed by atoms with E-state index in [1.165, 1.54) is 0 Å². The Morgan fingerprint density at radius 3 is 2.64 bits per heavy atom. The van der Waals surface area contributed by atoms with Gasteiger partial charge in [-0.1, -0.05) is 0 Å². The maximum absolute atomic E-state index is 5.60. The molecule has 1 N–H and O–H groups in total. The van der Waals surface area contributed by atoms with E-state index >= 15 is 0 Å². The average molecular weight is 212 g/mol. The molecule has 2 rings (SSSR count). The topological polar surface area (TPSA) is 28.4 Å². The van der Waals surface area contributed by atoms with E-state index in [4.69, 9.17) is 4.42 Å². The second-order valence-electron chi connectivity index (χ2n) is 3.55. The normalized spacial score (nSPS) is 18.6. The molecule has 1 saturated heterocycles. The van der Waals surface area contributed by atoms with Crippen LogP contribution in [0, 0.1) is 0 Å². The molecule has 2 heterocycles. The van der Waals surface area contributed by atoms with Gasteiger partial charge in [-0.05, 0) is 12.1 Å². The first-order chi connectivity index (χ1) is 6.88. The lowest BCUT2D eigenvalue weighted by Gasteiger charge is -2.26. The maximum Gasteiger partial charge on any atom is 0.118 e. The van der Waals surface area contributed by atoms with Crippen LogP contribution in [0.5, 0.6) is 0 Å². The number of nitrogens with zero attached hydrogens (tertiary/aromatic N) is 1. The number of thiol groups is 1. The van der Waals surface area contributed by atoms with Crippen molar-refractivity contribution in [3.05, 3.63) is 23.7 Å². The average Bonchev–Trinajstić information content (AvgIpc) is 2.67. The maximum atomic E-state index is 5.60. The number of hydrogen-bond acceptors (Lipinski definition) is 4. The third-order valence-corrected chi connectivity index (χ3v) is 2.77. The van der Waals surface area contributed by atoms with Gasteiger partial charge < -0.3 is 9.73 Å². The fraction of sp³-hybridized carbons (Fsp3) is 0.600. The van der Waals surface area contributed by atoms with Gasteiger partial charge in [0.2, 0.25) is 0 Å². The molecule has 0 aromatic carbocycles. The van der Waals surface area contributed by atoms with Gasteiger partial charge in [-0.15, -0.1) is 0 Å². The first-order valence-corrected chi connectivity index (χ1v) is 5.63. The standard InChI is InChI=1S/C10H16N2OS/c14-8-10-2-1-9(13-10)7-12-5-3-11-4-6-12/h1-2,11,14H,3-8H2. The van der Waals surface area contributed by atoms with E-state index in [1.54, 1.807) is 0 Å². The summed E-state index contributed by atoms with van der Waals surface area (Å²) in [6, 6.07) is 4.05. The zero-order chi connectivity index (χ0) is 9.80. The summed E-state index contributed by atoms with van der Waals surface area (Å²) >= 11 is 4.17. The predicted molar refractivity (Wildman–Crippen MR) is 59.5 cm³/mol. The smallest absolute Gasteiger partial charge is 0.118 e. The van der Waals surface area contributed by atoms with Crippen molar-refractivity contribution in [1.82, 2.24) is 10.2 Å². The Morgan fingerprint density at radius 1 is 1.29 bits per heavy atom. The van der Waals surface area contributed by atoms with Crippen molar-refractivity contribution in [3.8, 4) is 0 Å². The molecule has 4 heteroatoms. The summed E-state index contributed by atoms with van der Waals surface area (Å²) in [4.78, 5) is 2.40. The van der Waals surface area contributed by atoms with Crippen LogP contribution in [0.1, 0.15) is 11.5 Å². The molecule has 1 aromatic rings. The fourth-order valence-electron chi connectivity index (χ4n) is 1.68. The zero-order valence-corrected chi connectivity index (χ0v) is 9.09. The number of rotatable bonds is 3. The molecule has 0 atom stereocenters. The number of nitrogens with one attached hydrogen (secondary N) is 1. The molecule has 0 radical (unpaired) electrons. The Balaban J connectivity index is 1.89. The second kappa shape index (κ2) is 4.87. The molecule has 0 spiro atoms.